The Morgan fingerprint density at radius 2 is 1.88 bits per heavy atom. The Labute approximate surface area is 198 Å². The number of carbonyl (C=O) groups is 1. The number of halogens is 4. The van der Waals surface area contributed by atoms with E-state index in [1.807, 2.05) is 6.07 Å². The van der Waals surface area contributed by atoms with Gasteiger partial charge in [-0.2, -0.15) is 18.4 Å². The molecule has 2 fully saturated rings. The molecule has 0 aliphatic heterocycles. The van der Waals surface area contributed by atoms with Crippen molar-refractivity contribution in [3.8, 4) is 11.8 Å². The predicted octanol–water partition coefficient (Wildman–Crippen LogP) is 5.31. The van der Waals surface area contributed by atoms with Crippen molar-refractivity contribution >= 4 is 33.3 Å². The number of carboxylic acid groups (broad SMARTS) is 1. The topological polar surface area (TPSA) is 116 Å². The van der Waals surface area contributed by atoms with Crippen LogP contribution in [0.2, 0.25) is 5.02 Å². The minimum absolute atomic E-state index is 0.0284. The van der Waals surface area contributed by atoms with Crippen LogP contribution < -0.4 is 9.46 Å². The molecule has 2 aromatic rings. The molecule has 2 aliphatic carbocycles. The van der Waals surface area contributed by atoms with E-state index in [-0.39, 0.29) is 51.2 Å². The highest BCUT2D eigenvalue weighted by atomic mass is 35.5. The average Bonchev–Trinajstić information content (AvgIpc) is 3.55. The molecular formula is C22H18ClF3N2O5S. The number of nitrogens with zero attached hydrogens (tertiary/aromatic N) is 1. The first kappa shape index (κ1) is 24.2. The zero-order valence-electron chi connectivity index (χ0n) is 17.4. The fraction of sp³-hybridized carbons (Fsp3) is 0.364. The van der Waals surface area contributed by atoms with Gasteiger partial charge in [-0.05, 0) is 55.4 Å². The number of nitrogens with one attached hydrogen (secondary N) is 1. The normalized spacial score (nSPS) is 20.2. The lowest BCUT2D eigenvalue weighted by Gasteiger charge is -2.36. The zero-order valence-corrected chi connectivity index (χ0v) is 19.0. The van der Waals surface area contributed by atoms with Crippen molar-refractivity contribution < 1.29 is 36.2 Å². The molecule has 12 heteroatoms. The first-order chi connectivity index (χ1) is 15.9. The summed E-state index contributed by atoms with van der Waals surface area (Å²) in [5.74, 6) is -2.96. The fourth-order valence-corrected chi connectivity index (χ4v) is 5.34. The molecule has 2 saturated carbocycles. The van der Waals surface area contributed by atoms with Gasteiger partial charge in [0, 0.05) is 6.07 Å². The van der Waals surface area contributed by atoms with Crippen molar-refractivity contribution in [3.05, 3.63) is 52.0 Å². The van der Waals surface area contributed by atoms with Gasteiger partial charge in [-0.1, -0.05) is 17.7 Å². The number of nitriles is 1. The summed E-state index contributed by atoms with van der Waals surface area (Å²) in [5.41, 5.74) is -0.0155. The second-order valence-corrected chi connectivity index (χ2v) is 10.4. The second-order valence-electron chi connectivity index (χ2n) is 8.33. The molecule has 0 amide bonds. The molecule has 0 aromatic heterocycles. The first-order valence-corrected chi connectivity index (χ1v) is 12.1. The van der Waals surface area contributed by atoms with E-state index in [2.05, 4.69) is 4.72 Å². The maximum absolute atomic E-state index is 13.3. The van der Waals surface area contributed by atoms with E-state index >= 15 is 0 Å². The largest absolute Gasteiger partial charge is 0.488 e. The molecule has 34 heavy (non-hydrogen) atoms. The van der Waals surface area contributed by atoms with Crippen LogP contribution >= 0.6 is 11.6 Å². The third-order valence-electron chi connectivity index (χ3n) is 5.85. The number of sulfonamides is 1. The second kappa shape index (κ2) is 8.67. The zero-order chi connectivity index (χ0) is 24.8. The Kier molecular flexibility index (Phi) is 6.16. The van der Waals surface area contributed by atoms with Crippen LogP contribution in [0.25, 0.3) is 0 Å². The van der Waals surface area contributed by atoms with Gasteiger partial charge >= 0.3 is 12.1 Å². The summed E-state index contributed by atoms with van der Waals surface area (Å²) in [6.45, 7) is 0. The van der Waals surface area contributed by atoms with E-state index in [1.165, 1.54) is 18.2 Å². The summed E-state index contributed by atoms with van der Waals surface area (Å²) in [6, 6.07) is 7.96. The Morgan fingerprint density at radius 1 is 1.21 bits per heavy atom. The van der Waals surface area contributed by atoms with Crippen molar-refractivity contribution in [2.24, 2.45) is 5.92 Å². The van der Waals surface area contributed by atoms with Crippen molar-refractivity contribution in [1.82, 2.24) is 0 Å². The monoisotopic (exact) mass is 514 g/mol. The number of aromatic carboxylic acids is 1. The van der Waals surface area contributed by atoms with Crippen molar-refractivity contribution in [2.45, 2.75) is 48.8 Å². The summed E-state index contributed by atoms with van der Waals surface area (Å²) >= 11 is 6.04. The Hall–Kier alpha value is -2.97. The summed E-state index contributed by atoms with van der Waals surface area (Å²) in [6.07, 6.45) is -4.23. The Morgan fingerprint density at radius 3 is 2.44 bits per heavy atom. The Bertz CT molecular complexity index is 1300. The number of rotatable bonds is 7. The molecular weight excluding hydrogens is 497 g/mol. The number of benzene rings is 2. The van der Waals surface area contributed by atoms with Crippen LogP contribution in [0.4, 0.5) is 18.9 Å². The standard InChI is InChI=1S/C22H18ClF3N2O5S/c23-17-9-19(33-15-7-14(8-15)22(24,25)26)18(5-13(17)10-27)28-34(31,32)20-6-12(21(29)30)3-4-16(20)11-1-2-11/h3-6,9,11,14-15,28H,1-2,7-8H2,(H,29,30). The summed E-state index contributed by atoms with van der Waals surface area (Å²) < 4.78 is 73.0. The third-order valence-corrected chi connectivity index (χ3v) is 7.59. The molecule has 0 unspecified atom stereocenters. The highest BCUT2D eigenvalue weighted by molar-refractivity contribution is 7.92. The van der Waals surface area contributed by atoms with E-state index in [9.17, 15) is 36.8 Å². The number of carboxylic acids is 1. The van der Waals surface area contributed by atoms with Gasteiger partial charge in [0.05, 0.1) is 32.7 Å². The molecule has 2 aromatic carbocycles. The highest BCUT2D eigenvalue weighted by Crippen LogP contribution is 2.46. The molecule has 2 aliphatic rings. The van der Waals surface area contributed by atoms with Crippen molar-refractivity contribution in [3.63, 3.8) is 0 Å². The quantitative estimate of drug-likeness (QED) is 0.517. The van der Waals surface area contributed by atoms with Crippen LogP contribution in [0.5, 0.6) is 5.75 Å². The maximum atomic E-state index is 13.3. The molecule has 7 nitrogen and oxygen atoms in total. The van der Waals surface area contributed by atoms with E-state index in [4.69, 9.17) is 16.3 Å². The van der Waals surface area contributed by atoms with Crippen LogP contribution in [-0.4, -0.2) is 31.8 Å². The summed E-state index contributed by atoms with van der Waals surface area (Å²) in [7, 11) is -4.35. The Balaban J connectivity index is 1.67. The van der Waals surface area contributed by atoms with Gasteiger partial charge in [-0.25, -0.2) is 13.2 Å². The summed E-state index contributed by atoms with van der Waals surface area (Å²) in [4.78, 5) is 11.2. The number of anilines is 1. The van der Waals surface area contributed by atoms with Gasteiger partial charge in [-0.15, -0.1) is 0 Å². The molecule has 0 heterocycles. The van der Waals surface area contributed by atoms with Crippen LogP contribution in [0.3, 0.4) is 0 Å². The molecule has 0 saturated heterocycles. The van der Waals surface area contributed by atoms with Gasteiger partial charge in [0.1, 0.15) is 17.9 Å². The lowest BCUT2D eigenvalue weighted by atomic mass is 9.82. The molecule has 0 atom stereocenters. The number of ether oxygens (including phenoxy) is 1. The minimum Gasteiger partial charge on any atom is -0.488 e. The maximum Gasteiger partial charge on any atom is 0.392 e. The predicted molar refractivity (Wildman–Crippen MR) is 116 cm³/mol. The number of hydrogen-bond acceptors (Lipinski definition) is 5. The van der Waals surface area contributed by atoms with Gasteiger partial charge in [0.2, 0.25) is 0 Å². The first-order valence-electron chi connectivity index (χ1n) is 10.3. The third kappa shape index (κ3) is 4.93. The summed E-state index contributed by atoms with van der Waals surface area (Å²) in [5, 5.41) is 18.5. The van der Waals surface area contributed by atoms with Crippen LogP contribution in [0, 0.1) is 17.2 Å². The molecule has 2 N–H and O–H groups in total. The lowest BCUT2D eigenvalue weighted by Crippen LogP contribution is -2.42. The van der Waals surface area contributed by atoms with Gasteiger partial charge in [-0.3, -0.25) is 4.72 Å². The van der Waals surface area contributed by atoms with Gasteiger partial charge in [0.25, 0.3) is 10.0 Å². The molecule has 0 radical (unpaired) electrons. The average molecular weight is 515 g/mol. The van der Waals surface area contributed by atoms with Gasteiger partial charge in [0.15, 0.2) is 0 Å². The molecule has 4 rings (SSSR count). The van der Waals surface area contributed by atoms with Crippen LogP contribution in [-0.2, 0) is 10.0 Å². The molecule has 180 valence electrons. The lowest BCUT2D eigenvalue weighted by molar-refractivity contribution is -0.210. The number of alkyl halides is 3. The van der Waals surface area contributed by atoms with E-state index in [0.29, 0.717) is 5.56 Å². The fourth-order valence-electron chi connectivity index (χ4n) is 3.76. The number of hydrogen-bond donors (Lipinski definition) is 2. The van der Waals surface area contributed by atoms with Crippen LogP contribution in [0.15, 0.2) is 35.2 Å². The SMILES string of the molecule is N#Cc1cc(NS(=O)(=O)c2cc(C(=O)O)ccc2C2CC2)c(OC2CC(C(F)(F)F)C2)cc1Cl. The van der Waals surface area contributed by atoms with E-state index < -0.39 is 34.2 Å². The molecule has 0 bridgehead atoms. The van der Waals surface area contributed by atoms with Crippen LogP contribution in [0.1, 0.15) is 53.1 Å². The smallest absolute Gasteiger partial charge is 0.392 e. The van der Waals surface area contributed by atoms with Crippen molar-refractivity contribution in [2.75, 3.05) is 4.72 Å². The highest BCUT2D eigenvalue weighted by Gasteiger charge is 2.49. The van der Waals surface area contributed by atoms with Gasteiger partial charge < -0.3 is 9.84 Å². The van der Waals surface area contributed by atoms with E-state index in [0.717, 1.165) is 25.0 Å². The minimum atomic E-state index is -4.35. The molecule has 0 spiro atoms. The van der Waals surface area contributed by atoms with E-state index in [1.54, 1.807) is 0 Å². The van der Waals surface area contributed by atoms with Crippen molar-refractivity contribution in [1.29, 1.82) is 5.26 Å².